The van der Waals surface area contributed by atoms with Crippen molar-refractivity contribution < 1.29 is 13.6 Å². The number of nitrogens with one attached hydrogen (secondary N) is 1. The number of likely N-dealkylation sites (N-methyl/N-ethyl adjacent to an activating group) is 1. The molecule has 0 bridgehead atoms. The second-order valence-electron chi connectivity index (χ2n) is 4.33. The molecule has 0 heterocycles. The molecule has 0 radical (unpaired) electrons. The molecule has 1 aromatic carbocycles. The first-order valence-electron chi connectivity index (χ1n) is 6.45. The minimum Gasteiger partial charge on any atom is -0.342 e. The molecule has 0 aliphatic rings. The first-order valence-corrected chi connectivity index (χ1v) is 6.45. The summed E-state index contributed by atoms with van der Waals surface area (Å²) in [7, 11) is 0. The van der Waals surface area contributed by atoms with E-state index in [1.54, 1.807) is 11.8 Å². The molecule has 1 N–H and O–H groups in total. The van der Waals surface area contributed by atoms with E-state index in [9.17, 15) is 13.6 Å². The number of carbonyl (C=O) groups is 1. The quantitative estimate of drug-likeness (QED) is 0.861. The summed E-state index contributed by atoms with van der Waals surface area (Å²) < 4.78 is 26.3. The zero-order valence-corrected chi connectivity index (χ0v) is 11.5. The maximum Gasteiger partial charge on any atom is 0.236 e. The molecule has 5 heteroatoms. The molecule has 0 spiro atoms. The molecule has 1 unspecified atom stereocenters. The van der Waals surface area contributed by atoms with Crippen LogP contribution in [0.15, 0.2) is 18.2 Å². The Balaban J connectivity index is 2.60. The van der Waals surface area contributed by atoms with E-state index in [0.717, 1.165) is 6.07 Å². The monoisotopic (exact) mass is 270 g/mol. The van der Waals surface area contributed by atoms with Gasteiger partial charge in [0.25, 0.3) is 0 Å². The molecule has 0 fully saturated rings. The van der Waals surface area contributed by atoms with Crippen LogP contribution in [-0.4, -0.2) is 30.4 Å². The van der Waals surface area contributed by atoms with Crippen molar-refractivity contribution in [3.05, 3.63) is 35.4 Å². The molecule has 0 aliphatic carbocycles. The Bertz CT molecular complexity index is 433. The van der Waals surface area contributed by atoms with Crippen molar-refractivity contribution in [2.75, 3.05) is 19.6 Å². The highest BCUT2D eigenvalue weighted by Gasteiger charge is 2.14. The SMILES string of the molecule is CCN(CC)C(=O)CNC(C)c1ccc(F)cc1F. The minimum atomic E-state index is -0.604. The summed E-state index contributed by atoms with van der Waals surface area (Å²) >= 11 is 0. The summed E-state index contributed by atoms with van der Waals surface area (Å²) in [5, 5.41) is 2.95. The van der Waals surface area contributed by atoms with Crippen molar-refractivity contribution in [3.8, 4) is 0 Å². The average molecular weight is 270 g/mol. The molecule has 3 nitrogen and oxygen atoms in total. The number of rotatable bonds is 6. The Kier molecular flexibility index (Phi) is 5.89. The van der Waals surface area contributed by atoms with Gasteiger partial charge in [0.05, 0.1) is 6.54 Å². The topological polar surface area (TPSA) is 32.3 Å². The maximum atomic E-state index is 13.5. The van der Waals surface area contributed by atoms with Gasteiger partial charge in [-0.1, -0.05) is 6.07 Å². The molecule has 1 aromatic rings. The first-order chi connectivity index (χ1) is 8.99. The predicted octanol–water partition coefficient (Wildman–Crippen LogP) is 2.48. The third kappa shape index (κ3) is 4.28. The van der Waals surface area contributed by atoms with Gasteiger partial charge >= 0.3 is 0 Å². The number of hydrogen-bond donors (Lipinski definition) is 1. The molecule has 106 valence electrons. The Labute approximate surface area is 112 Å². The van der Waals surface area contributed by atoms with E-state index in [4.69, 9.17) is 0 Å². The van der Waals surface area contributed by atoms with Crippen LogP contribution in [0.4, 0.5) is 8.78 Å². The van der Waals surface area contributed by atoms with Gasteiger partial charge in [-0.3, -0.25) is 4.79 Å². The van der Waals surface area contributed by atoms with Gasteiger partial charge in [-0.15, -0.1) is 0 Å². The number of amides is 1. The Morgan fingerprint density at radius 3 is 2.47 bits per heavy atom. The van der Waals surface area contributed by atoms with Crippen LogP contribution in [0.5, 0.6) is 0 Å². The molecule has 1 atom stereocenters. The molecule has 0 saturated carbocycles. The van der Waals surface area contributed by atoms with Gasteiger partial charge < -0.3 is 10.2 Å². The lowest BCUT2D eigenvalue weighted by Crippen LogP contribution is -2.38. The van der Waals surface area contributed by atoms with E-state index in [1.807, 2.05) is 13.8 Å². The van der Waals surface area contributed by atoms with Gasteiger partial charge in [-0.25, -0.2) is 8.78 Å². The lowest BCUT2D eigenvalue weighted by molar-refractivity contribution is -0.129. The summed E-state index contributed by atoms with van der Waals surface area (Å²) in [5.41, 5.74) is 0.355. The van der Waals surface area contributed by atoms with Gasteiger partial charge in [0.1, 0.15) is 11.6 Å². The molecular formula is C14H20F2N2O. The molecule has 19 heavy (non-hydrogen) atoms. The van der Waals surface area contributed by atoms with Crippen LogP contribution in [-0.2, 0) is 4.79 Å². The van der Waals surface area contributed by atoms with E-state index in [0.29, 0.717) is 18.7 Å². The van der Waals surface area contributed by atoms with Gasteiger partial charge in [-0.2, -0.15) is 0 Å². The van der Waals surface area contributed by atoms with E-state index in [1.165, 1.54) is 12.1 Å². The number of benzene rings is 1. The van der Waals surface area contributed by atoms with E-state index in [2.05, 4.69) is 5.32 Å². The van der Waals surface area contributed by atoms with Crippen molar-refractivity contribution in [1.82, 2.24) is 10.2 Å². The van der Waals surface area contributed by atoms with E-state index >= 15 is 0 Å². The number of hydrogen-bond acceptors (Lipinski definition) is 2. The van der Waals surface area contributed by atoms with Crippen molar-refractivity contribution in [2.24, 2.45) is 0 Å². The smallest absolute Gasteiger partial charge is 0.236 e. The molecule has 0 saturated heterocycles. The van der Waals surface area contributed by atoms with Crippen molar-refractivity contribution >= 4 is 5.91 Å². The fraction of sp³-hybridized carbons (Fsp3) is 0.500. The predicted molar refractivity (Wildman–Crippen MR) is 70.7 cm³/mol. The second-order valence-corrected chi connectivity index (χ2v) is 4.33. The van der Waals surface area contributed by atoms with Crippen LogP contribution in [0, 0.1) is 11.6 Å². The standard InChI is InChI=1S/C14H20F2N2O/c1-4-18(5-2)14(19)9-17-10(3)12-7-6-11(15)8-13(12)16/h6-8,10,17H,4-5,9H2,1-3H3. The zero-order chi connectivity index (χ0) is 14.4. The molecule has 0 aliphatic heterocycles. The first kappa shape index (κ1) is 15.6. The molecule has 0 aromatic heterocycles. The number of halogens is 2. The fourth-order valence-corrected chi connectivity index (χ4v) is 1.89. The highest BCUT2D eigenvalue weighted by molar-refractivity contribution is 5.78. The number of carbonyl (C=O) groups excluding carboxylic acids is 1. The molecular weight excluding hydrogens is 250 g/mol. The third-order valence-corrected chi connectivity index (χ3v) is 3.10. The van der Waals surface area contributed by atoms with Crippen molar-refractivity contribution in [2.45, 2.75) is 26.8 Å². The third-order valence-electron chi connectivity index (χ3n) is 3.10. The van der Waals surface area contributed by atoms with Crippen LogP contribution >= 0.6 is 0 Å². The highest BCUT2D eigenvalue weighted by Crippen LogP contribution is 2.17. The average Bonchev–Trinajstić information content (AvgIpc) is 2.37. The second kappa shape index (κ2) is 7.19. The van der Waals surface area contributed by atoms with E-state index < -0.39 is 11.6 Å². The highest BCUT2D eigenvalue weighted by atomic mass is 19.1. The summed E-state index contributed by atoms with van der Waals surface area (Å²) in [6.07, 6.45) is 0. The van der Waals surface area contributed by atoms with Gasteiger partial charge in [-0.05, 0) is 26.8 Å². The Hall–Kier alpha value is -1.49. The van der Waals surface area contributed by atoms with Crippen LogP contribution in [0.3, 0.4) is 0 Å². The largest absolute Gasteiger partial charge is 0.342 e. The summed E-state index contributed by atoms with van der Waals surface area (Å²) in [4.78, 5) is 13.5. The van der Waals surface area contributed by atoms with Crippen LogP contribution in [0.1, 0.15) is 32.4 Å². The number of nitrogens with zero attached hydrogens (tertiary/aromatic N) is 1. The lowest BCUT2D eigenvalue weighted by Gasteiger charge is -2.21. The molecule has 1 amide bonds. The summed E-state index contributed by atoms with van der Waals surface area (Å²) in [6.45, 7) is 6.99. The maximum absolute atomic E-state index is 13.5. The van der Waals surface area contributed by atoms with Gasteiger partial charge in [0.2, 0.25) is 5.91 Å². The summed E-state index contributed by atoms with van der Waals surface area (Å²) in [5.74, 6) is -1.23. The minimum absolute atomic E-state index is 0.0284. The Morgan fingerprint density at radius 2 is 1.95 bits per heavy atom. The van der Waals surface area contributed by atoms with Crippen molar-refractivity contribution in [3.63, 3.8) is 0 Å². The fourth-order valence-electron chi connectivity index (χ4n) is 1.89. The van der Waals surface area contributed by atoms with Crippen LogP contribution in [0.25, 0.3) is 0 Å². The van der Waals surface area contributed by atoms with Crippen LogP contribution < -0.4 is 5.32 Å². The lowest BCUT2D eigenvalue weighted by atomic mass is 10.1. The van der Waals surface area contributed by atoms with Crippen LogP contribution in [0.2, 0.25) is 0 Å². The van der Waals surface area contributed by atoms with Gasteiger partial charge in [0, 0.05) is 30.8 Å². The van der Waals surface area contributed by atoms with Gasteiger partial charge in [0.15, 0.2) is 0 Å². The van der Waals surface area contributed by atoms with Crippen molar-refractivity contribution in [1.29, 1.82) is 0 Å². The normalized spacial score (nSPS) is 12.3. The molecule has 1 rings (SSSR count). The van der Waals surface area contributed by atoms with E-state index in [-0.39, 0.29) is 18.5 Å². The Morgan fingerprint density at radius 1 is 1.32 bits per heavy atom. The summed E-state index contributed by atoms with van der Waals surface area (Å²) in [6, 6.07) is 3.10. The zero-order valence-electron chi connectivity index (χ0n) is 11.5.